The minimum Gasteiger partial charge on any atom is -0.504 e. The third kappa shape index (κ3) is 3.75. The molecule has 5 N–H and O–H groups in total. The molecule has 1 aliphatic rings. The molecule has 0 unspecified atom stereocenters. The zero-order valence-electron chi connectivity index (χ0n) is 10.8. The first-order valence-electron chi connectivity index (χ1n) is 6.55. The molecule has 108 valence electrons. The van der Waals surface area contributed by atoms with E-state index in [0.29, 0.717) is 5.56 Å². The summed E-state index contributed by atoms with van der Waals surface area (Å²) >= 11 is 0. The fourth-order valence-electron chi connectivity index (χ4n) is 2.71. The highest BCUT2D eigenvalue weighted by Crippen LogP contribution is 2.33. The fourth-order valence-corrected chi connectivity index (χ4v) is 2.71. The Bertz CT molecular complexity index is 408. The molecule has 2 rings (SSSR count). The lowest BCUT2D eigenvalue weighted by molar-refractivity contribution is 0.0617. The molecule has 0 radical (unpaired) electrons. The Labute approximate surface area is 119 Å². The number of aromatic hydroxyl groups is 2. The lowest BCUT2D eigenvalue weighted by Crippen LogP contribution is -2.34. The number of halogens is 1. The largest absolute Gasteiger partial charge is 0.504 e. The van der Waals surface area contributed by atoms with Gasteiger partial charge in [0.15, 0.2) is 11.5 Å². The van der Waals surface area contributed by atoms with Gasteiger partial charge in [-0.05, 0) is 36.5 Å². The summed E-state index contributed by atoms with van der Waals surface area (Å²) in [5.41, 5.74) is 6.70. The summed E-state index contributed by atoms with van der Waals surface area (Å²) in [5, 5.41) is 29.0. The molecule has 19 heavy (non-hydrogen) atoms. The third-order valence-electron chi connectivity index (χ3n) is 3.89. The van der Waals surface area contributed by atoms with Gasteiger partial charge in [0.05, 0.1) is 12.1 Å². The maximum absolute atomic E-state index is 10.3. The Hall–Kier alpha value is -0.970. The van der Waals surface area contributed by atoms with Gasteiger partial charge in [-0.25, -0.2) is 0 Å². The molecule has 0 heterocycles. The Balaban J connectivity index is 0.00000180. The van der Waals surface area contributed by atoms with Crippen LogP contribution in [0.3, 0.4) is 0 Å². The molecule has 5 heteroatoms. The van der Waals surface area contributed by atoms with Crippen LogP contribution in [0.2, 0.25) is 0 Å². The van der Waals surface area contributed by atoms with Crippen LogP contribution in [0.5, 0.6) is 11.5 Å². The molecular weight excluding hydrogens is 266 g/mol. The van der Waals surface area contributed by atoms with Crippen LogP contribution in [0.25, 0.3) is 0 Å². The van der Waals surface area contributed by atoms with Crippen LogP contribution in [0, 0.1) is 5.92 Å². The van der Waals surface area contributed by atoms with E-state index in [1.807, 2.05) is 0 Å². The minimum absolute atomic E-state index is 0. The van der Waals surface area contributed by atoms with Crippen LogP contribution in [-0.2, 0) is 0 Å². The van der Waals surface area contributed by atoms with E-state index in [-0.39, 0.29) is 29.8 Å². The van der Waals surface area contributed by atoms with Crippen molar-refractivity contribution in [2.75, 3.05) is 0 Å². The monoisotopic (exact) mass is 287 g/mol. The Morgan fingerprint density at radius 2 is 1.68 bits per heavy atom. The summed E-state index contributed by atoms with van der Waals surface area (Å²) in [6.45, 7) is 0. The van der Waals surface area contributed by atoms with Gasteiger partial charge in [-0.15, -0.1) is 12.4 Å². The van der Waals surface area contributed by atoms with Crippen molar-refractivity contribution < 1.29 is 15.3 Å². The summed E-state index contributed by atoms with van der Waals surface area (Å²) < 4.78 is 0. The first kappa shape index (κ1) is 16.1. The Morgan fingerprint density at radius 3 is 2.26 bits per heavy atom. The van der Waals surface area contributed by atoms with Crippen LogP contribution < -0.4 is 5.73 Å². The predicted octanol–water partition coefficient (Wildman–Crippen LogP) is 2.46. The number of phenolic OH excluding ortho intramolecular Hbond substituents is 2. The SMILES string of the molecule is Cl.N[C@@H](c1ccc(O)c(O)c1)[C@H](O)C1CCCCC1. The minimum atomic E-state index is -0.589. The van der Waals surface area contributed by atoms with Crippen molar-refractivity contribution >= 4 is 12.4 Å². The van der Waals surface area contributed by atoms with Crippen molar-refractivity contribution in [2.24, 2.45) is 11.7 Å². The van der Waals surface area contributed by atoms with Crippen molar-refractivity contribution in [1.29, 1.82) is 0 Å². The van der Waals surface area contributed by atoms with E-state index in [0.717, 1.165) is 25.7 Å². The molecular formula is C14H22ClNO3. The van der Waals surface area contributed by atoms with Gasteiger partial charge in [-0.3, -0.25) is 0 Å². The van der Waals surface area contributed by atoms with Crippen molar-refractivity contribution in [3.05, 3.63) is 23.8 Å². The second-order valence-corrected chi connectivity index (χ2v) is 5.16. The van der Waals surface area contributed by atoms with E-state index in [1.165, 1.54) is 18.6 Å². The highest BCUT2D eigenvalue weighted by atomic mass is 35.5. The average molecular weight is 288 g/mol. The highest BCUT2D eigenvalue weighted by Gasteiger charge is 2.27. The molecule has 0 saturated heterocycles. The van der Waals surface area contributed by atoms with Crippen LogP contribution in [0.1, 0.15) is 43.7 Å². The fraction of sp³-hybridized carbons (Fsp3) is 0.571. The second-order valence-electron chi connectivity index (χ2n) is 5.16. The van der Waals surface area contributed by atoms with Gasteiger partial charge in [-0.2, -0.15) is 0 Å². The number of phenols is 2. The zero-order chi connectivity index (χ0) is 13.1. The smallest absolute Gasteiger partial charge is 0.157 e. The number of benzene rings is 1. The van der Waals surface area contributed by atoms with Crippen LogP contribution >= 0.6 is 12.4 Å². The molecule has 1 aliphatic carbocycles. The van der Waals surface area contributed by atoms with E-state index in [2.05, 4.69) is 0 Å². The van der Waals surface area contributed by atoms with Gasteiger partial charge in [0, 0.05) is 0 Å². The standard InChI is InChI=1S/C14H21NO3.ClH/c15-13(10-6-7-11(16)12(17)8-10)14(18)9-4-2-1-3-5-9;/h6-9,13-14,16-18H,1-5,15H2;1H/t13-,14+;/m0./s1. The van der Waals surface area contributed by atoms with Gasteiger partial charge in [-0.1, -0.05) is 25.3 Å². The quantitative estimate of drug-likeness (QED) is 0.643. The molecule has 2 atom stereocenters. The van der Waals surface area contributed by atoms with Gasteiger partial charge in [0.2, 0.25) is 0 Å². The average Bonchev–Trinajstić information content (AvgIpc) is 2.41. The maximum atomic E-state index is 10.3. The lowest BCUT2D eigenvalue weighted by Gasteiger charge is -2.30. The highest BCUT2D eigenvalue weighted by molar-refractivity contribution is 5.85. The summed E-state index contributed by atoms with van der Waals surface area (Å²) in [4.78, 5) is 0. The summed E-state index contributed by atoms with van der Waals surface area (Å²) in [7, 11) is 0. The summed E-state index contributed by atoms with van der Waals surface area (Å²) in [5.74, 6) is -0.124. The van der Waals surface area contributed by atoms with E-state index in [1.54, 1.807) is 6.07 Å². The first-order valence-corrected chi connectivity index (χ1v) is 6.55. The molecule has 1 aromatic rings. The predicted molar refractivity (Wildman–Crippen MR) is 76.5 cm³/mol. The number of hydrogen-bond donors (Lipinski definition) is 4. The van der Waals surface area contributed by atoms with Crippen molar-refractivity contribution in [3.63, 3.8) is 0 Å². The molecule has 0 aliphatic heterocycles. The van der Waals surface area contributed by atoms with E-state index in [4.69, 9.17) is 5.73 Å². The topological polar surface area (TPSA) is 86.7 Å². The van der Waals surface area contributed by atoms with Crippen molar-refractivity contribution in [1.82, 2.24) is 0 Å². The lowest BCUT2D eigenvalue weighted by atomic mass is 9.81. The van der Waals surface area contributed by atoms with E-state index >= 15 is 0 Å². The molecule has 1 fully saturated rings. The molecule has 1 aromatic carbocycles. The molecule has 0 bridgehead atoms. The van der Waals surface area contributed by atoms with Gasteiger partial charge < -0.3 is 21.1 Å². The number of rotatable bonds is 3. The van der Waals surface area contributed by atoms with E-state index < -0.39 is 12.1 Å². The van der Waals surface area contributed by atoms with E-state index in [9.17, 15) is 15.3 Å². The van der Waals surface area contributed by atoms with Crippen LogP contribution in [-0.4, -0.2) is 21.4 Å². The number of hydrogen-bond acceptors (Lipinski definition) is 4. The zero-order valence-corrected chi connectivity index (χ0v) is 11.6. The molecule has 0 spiro atoms. The van der Waals surface area contributed by atoms with Crippen molar-refractivity contribution in [2.45, 2.75) is 44.2 Å². The number of aliphatic hydroxyl groups is 1. The molecule has 4 nitrogen and oxygen atoms in total. The second kappa shape index (κ2) is 6.98. The maximum Gasteiger partial charge on any atom is 0.157 e. The van der Waals surface area contributed by atoms with Crippen LogP contribution in [0.15, 0.2) is 18.2 Å². The van der Waals surface area contributed by atoms with Gasteiger partial charge in [0.25, 0.3) is 0 Å². The summed E-state index contributed by atoms with van der Waals surface area (Å²) in [6.07, 6.45) is 4.97. The van der Waals surface area contributed by atoms with Gasteiger partial charge in [0.1, 0.15) is 0 Å². The third-order valence-corrected chi connectivity index (χ3v) is 3.89. The van der Waals surface area contributed by atoms with Crippen molar-refractivity contribution in [3.8, 4) is 11.5 Å². The number of aliphatic hydroxyl groups excluding tert-OH is 1. The first-order chi connectivity index (χ1) is 8.59. The Kier molecular flexibility index (Phi) is 5.91. The van der Waals surface area contributed by atoms with Crippen LogP contribution in [0.4, 0.5) is 0 Å². The van der Waals surface area contributed by atoms with Gasteiger partial charge >= 0.3 is 0 Å². The molecule has 0 amide bonds. The normalized spacial score (nSPS) is 19.5. The Morgan fingerprint density at radius 1 is 1.05 bits per heavy atom. The molecule has 0 aromatic heterocycles. The summed E-state index contributed by atoms with van der Waals surface area (Å²) in [6, 6.07) is 3.95. The molecule has 1 saturated carbocycles. The number of nitrogens with two attached hydrogens (primary N) is 1.